The van der Waals surface area contributed by atoms with Gasteiger partial charge in [0.1, 0.15) is 0 Å². The summed E-state index contributed by atoms with van der Waals surface area (Å²) in [5.41, 5.74) is 6.64. The van der Waals surface area contributed by atoms with E-state index >= 15 is 0 Å². The van der Waals surface area contributed by atoms with Crippen LogP contribution < -0.4 is 15.2 Å². The van der Waals surface area contributed by atoms with Gasteiger partial charge in [-0.3, -0.25) is 4.39 Å². The van der Waals surface area contributed by atoms with E-state index in [0.717, 1.165) is 11.3 Å². The van der Waals surface area contributed by atoms with Crippen LogP contribution in [0.15, 0.2) is 18.2 Å². The van der Waals surface area contributed by atoms with Gasteiger partial charge >= 0.3 is 0 Å². The van der Waals surface area contributed by atoms with E-state index in [1.54, 1.807) is 6.07 Å². The maximum absolute atomic E-state index is 12.1. The largest absolute Gasteiger partial charge is 0.454 e. The summed E-state index contributed by atoms with van der Waals surface area (Å²) in [5, 5.41) is 0. The molecule has 0 radical (unpaired) electrons. The van der Waals surface area contributed by atoms with E-state index in [1.165, 1.54) is 0 Å². The van der Waals surface area contributed by atoms with Crippen LogP contribution in [0.25, 0.3) is 0 Å². The molecule has 0 fully saturated rings. The minimum absolute atomic E-state index is 0. The summed E-state index contributed by atoms with van der Waals surface area (Å²) in [7, 11) is 0. The Balaban J connectivity index is 0.00000112. The SMILES string of the molecule is Cl.N[C@H](CCF)c1ccc2c(c1)OCO2. The quantitative estimate of drug-likeness (QED) is 0.871. The first-order chi connectivity index (χ1) is 6.81. The molecule has 5 heteroatoms. The summed E-state index contributed by atoms with van der Waals surface area (Å²) in [4.78, 5) is 0. The Morgan fingerprint density at radius 2 is 2.07 bits per heavy atom. The molecule has 1 atom stereocenters. The summed E-state index contributed by atoms with van der Waals surface area (Å²) in [5.74, 6) is 1.41. The van der Waals surface area contributed by atoms with Crippen molar-refractivity contribution in [1.29, 1.82) is 0 Å². The highest BCUT2D eigenvalue weighted by molar-refractivity contribution is 5.85. The van der Waals surface area contributed by atoms with Crippen LogP contribution in [0.4, 0.5) is 4.39 Å². The van der Waals surface area contributed by atoms with Crippen LogP contribution in [0.1, 0.15) is 18.0 Å². The third-order valence-corrected chi connectivity index (χ3v) is 2.24. The van der Waals surface area contributed by atoms with E-state index in [2.05, 4.69) is 0 Å². The van der Waals surface area contributed by atoms with Crippen LogP contribution in [0.3, 0.4) is 0 Å². The Bertz CT molecular complexity index is 335. The molecule has 1 heterocycles. The van der Waals surface area contributed by atoms with Crippen LogP contribution in [0.2, 0.25) is 0 Å². The Morgan fingerprint density at radius 1 is 1.33 bits per heavy atom. The highest BCUT2D eigenvalue weighted by Crippen LogP contribution is 2.34. The standard InChI is InChI=1S/C10H12FNO2.ClH/c11-4-3-8(12)7-1-2-9-10(5-7)14-6-13-9;/h1-2,5,8H,3-4,6,12H2;1H/t8-;/m1./s1. The third kappa shape index (κ3) is 2.52. The summed E-state index contributed by atoms with van der Waals surface area (Å²) >= 11 is 0. The van der Waals surface area contributed by atoms with Crippen molar-refractivity contribution in [3.63, 3.8) is 0 Å². The minimum atomic E-state index is -0.407. The molecule has 1 aromatic carbocycles. The zero-order chi connectivity index (χ0) is 9.97. The summed E-state index contributed by atoms with van der Waals surface area (Å²) < 4.78 is 22.4. The summed E-state index contributed by atoms with van der Waals surface area (Å²) in [6.45, 7) is -0.160. The van der Waals surface area contributed by atoms with Crippen molar-refractivity contribution in [3.8, 4) is 11.5 Å². The monoisotopic (exact) mass is 233 g/mol. The van der Waals surface area contributed by atoms with Gasteiger partial charge in [-0.1, -0.05) is 6.07 Å². The molecule has 84 valence electrons. The summed E-state index contributed by atoms with van der Waals surface area (Å²) in [6.07, 6.45) is 0.333. The van der Waals surface area contributed by atoms with E-state index in [1.807, 2.05) is 12.1 Å². The van der Waals surface area contributed by atoms with Gasteiger partial charge in [-0.05, 0) is 24.1 Å². The fraction of sp³-hybridized carbons (Fsp3) is 0.400. The number of rotatable bonds is 3. The molecule has 0 aromatic heterocycles. The molecule has 0 unspecified atom stereocenters. The second kappa shape index (κ2) is 5.19. The fourth-order valence-electron chi connectivity index (χ4n) is 1.43. The number of hydrogen-bond donors (Lipinski definition) is 1. The smallest absolute Gasteiger partial charge is 0.231 e. The van der Waals surface area contributed by atoms with Crippen molar-refractivity contribution < 1.29 is 13.9 Å². The molecular formula is C10H13ClFNO2. The van der Waals surface area contributed by atoms with Crippen LogP contribution in [0.5, 0.6) is 11.5 Å². The molecule has 0 bridgehead atoms. The number of hydrogen-bond acceptors (Lipinski definition) is 3. The highest BCUT2D eigenvalue weighted by atomic mass is 35.5. The average molecular weight is 234 g/mol. The van der Waals surface area contributed by atoms with E-state index in [0.29, 0.717) is 12.2 Å². The fourth-order valence-corrected chi connectivity index (χ4v) is 1.43. The Kier molecular flexibility index (Phi) is 4.17. The normalized spacial score (nSPS) is 14.5. The van der Waals surface area contributed by atoms with Gasteiger partial charge in [-0.25, -0.2) is 0 Å². The lowest BCUT2D eigenvalue weighted by molar-refractivity contribution is 0.174. The van der Waals surface area contributed by atoms with Crippen molar-refractivity contribution in [1.82, 2.24) is 0 Å². The molecule has 3 nitrogen and oxygen atoms in total. The van der Waals surface area contributed by atoms with E-state index < -0.39 is 6.67 Å². The molecule has 1 aliphatic rings. The molecule has 0 saturated heterocycles. The zero-order valence-electron chi connectivity index (χ0n) is 8.11. The number of nitrogens with two attached hydrogens (primary N) is 1. The molecule has 0 aliphatic carbocycles. The maximum Gasteiger partial charge on any atom is 0.231 e. The topological polar surface area (TPSA) is 44.5 Å². The van der Waals surface area contributed by atoms with Gasteiger partial charge in [0.15, 0.2) is 11.5 Å². The van der Waals surface area contributed by atoms with Crippen molar-refractivity contribution in [3.05, 3.63) is 23.8 Å². The van der Waals surface area contributed by atoms with Crippen LogP contribution >= 0.6 is 12.4 Å². The van der Waals surface area contributed by atoms with Gasteiger partial charge in [0.2, 0.25) is 6.79 Å². The first-order valence-corrected chi connectivity index (χ1v) is 4.52. The molecule has 0 spiro atoms. The van der Waals surface area contributed by atoms with E-state index in [-0.39, 0.29) is 25.2 Å². The number of alkyl halides is 1. The Morgan fingerprint density at radius 3 is 2.80 bits per heavy atom. The first kappa shape index (κ1) is 12.1. The predicted octanol–water partition coefficient (Wildman–Crippen LogP) is 2.20. The molecule has 2 N–H and O–H groups in total. The van der Waals surface area contributed by atoms with Crippen molar-refractivity contribution in [2.24, 2.45) is 5.73 Å². The number of ether oxygens (including phenoxy) is 2. The van der Waals surface area contributed by atoms with Gasteiger partial charge in [0.05, 0.1) is 6.67 Å². The van der Waals surface area contributed by atoms with Crippen molar-refractivity contribution in [2.75, 3.05) is 13.5 Å². The average Bonchev–Trinajstić information content (AvgIpc) is 2.64. The lowest BCUT2D eigenvalue weighted by atomic mass is 10.0. The summed E-state index contributed by atoms with van der Waals surface area (Å²) in [6, 6.07) is 5.18. The number of fused-ring (bicyclic) bond motifs is 1. The van der Waals surface area contributed by atoms with Gasteiger partial charge in [0.25, 0.3) is 0 Å². The molecule has 1 aliphatic heterocycles. The first-order valence-electron chi connectivity index (χ1n) is 4.52. The zero-order valence-corrected chi connectivity index (χ0v) is 8.93. The van der Waals surface area contributed by atoms with E-state index in [4.69, 9.17) is 15.2 Å². The number of benzene rings is 1. The molecule has 0 saturated carbocycles. The molecule has 1 aromatic rings. The lowest BCUT2D eigenvalue weighted by Gasteiger charge is -2.09. The Hall–Kier alpha value is -1.00. The lowest BCUT2D eigenvalue weighted by Crippen LogP contribution is -2.10. The second-order valence-corrected chi connectivity index (χ2v) is 3.20. The Labute approximate surface area is 93.8 Å². The highest BCUT2D eigenvalue weighted by Gasteiger charge is 2.15. The van der Waals surface area contributed by atoms with Gasteiger partial charge in [-0.2, -0.15) is 0 Å². The molecule has 0 amide bonds. The van der Waals surface area contributed by atoms with Crippen molar-refractivity contribution in [2.45, 2.75) is 12.5 Å². The van der Waals surface area contributed by atoms with Crippen molar-refractivity contribution >= 4 is 12.4 Å². The molecule has 2 rings (SSSR count). The predicted molar refractivity (Wildman–Crippen MR) is 57.3 cm³/mol. The maximum atomic E-state index is 12.1. The van der Waals surface area contributed by atoms with Gasteiger partial charge < -0.3 is 15.2 Å². The van der Waals surface area contributed by atoms with Gasteiger partial charge in [-0.15, -0.1) is 12.4 Å². The number of halogens is 2. The van der Waals surface area contributed by atoms with Crippen LogP contribution in [0, 0.1) is 0 Å². The third-order valence-electron chi connectivity index (χ3n) is 2.24. The van der Waals surface area contributed by atoms with Gasteiger partial charge in [0, 0.05) is 6.04 Å². The second-order valence-electron chi connectivity index (χ2n) is 3.20. The van der Waals surface area contributed by atoms with E-state index in [9.17, 15) is 4.39 Å². The minimum Gasteiger partial charge on any atom is -0.454 e. The molecular weight excluding hydrogens is 221 g/mol. The van der Waals surface area contributed by atoms with Crippen LogP contribution in [-0.2, 0) is 0 Å². The van der Waals surface area contributed by atoms with Crippen LogP contribution in [-0.4, -0.2) is 13.5 Å². The molecule has 15 heavy (non-hydrogen) atoms.